The standard InChI is InChI=1S/C11H21NO6S/c1-3-5-6-9(11(14)15)12-19(16,17)8-7-10(13)18-4-2/h9,12H,3-8H2,1-2H3,(H,14,15). The fourth-order valence-electron chi connectivity index (χ4n) is 1.37. The average molecular weight is 295 g/mol. The van der Waals surface area contributed by atoms with E-state index >= 15 is 0 Å². The van der Waals surface area contributed by atoms with E-state index in [9.17, 15) is 18.0 Å². The van der Waals surface area contributed by atoms with Crippen molar-refractivity contribution in [2.75, 3.05) is 12.4 Å². The zero-order chi connectivity index (χ0) is 14.9. The number of carboxylic acids is 1. The van der Waals surface area contributed by atoms with Crippen molar-refractivity contribution in [2.24, 2.45) is 0 Å². The van der Waals surface area contributed by atoms with Gasteiger partial charge in [-0.2, -0.15) is 0 Å². The average Bonchev–Trinajstić information content (AvgIpc) is 2.32. The van der Waals surface area contributed by atoms with E-state index in [0.717, 1.165) is 6.42 Å². The summed E-state index contributed by atoms with van der Waals surface area (Å²) >= 11 is 0. The lowest BCUT2D eigenvalue weighted by molar-refractivity contribution is -0.142. The summed E-state index contributed by atoms with van der Waals surface area (Å²) in [7, 11) is -3.80. The molecule has 2 N–H and O–H groups in total. The van der Waals surface area contributed by atoms with E-state index in [-0.39, 0.29) is 19.4 Å². The van der Waals surface area contributed by atoms with Crippen LogP contribution in [0.5, 0.6) is 0 Å². The van der Waals surface area contributed by atoms with Crippen LogP contribution in [0.4, 0.5) is 0 Å². The van der Waals surface area contributed by atoms with Gasteiger partial charge in [0.25, 0.3) is 0 Å². The molecular weight excluding hydrogens is 274 g/mol. The number of aliphatic carboxylic acids is 1. The normalized spacial score (nSPS) is 12.9. The number of nitrogens with one attached hydrogen (secondary N) is 1. The van der Waals surface area contributed by atoms with Gasteiger partial charge in [0, 0.05) is 0 Å². The van der Waals surface area contributed by atoms with Crippen LogP contribution in [0.2, 0.25) is 0 Å². The van der Waals surface area contributed by atoms with Gasteiger partial charge in [-0.05, 0) is 13.3 Å². The molecule has 0 aliphatic heterocycles. The third kappa shape index (κ3) is 8.55. The zero-order valence-electron chi connectivity index (χ0n) is 11.2. The van der Waals surface area contributed by atoms with Crippen LogP contribution in [0.25, 0.3) is 0 Å². The first-order valence-electron chi connectivity index (χ1n) is 6.20. The molecule has 0 aromatic carbocycles. The maximum Gasteiger partial charge on any atom is 0.321 e. The van der Waals surface area contributed by atoms with E-state index in [1.807, 2.05) is 6.92 Å². The van der Waals surface area contributed by atoms with Gasteiger partial charge in [-0.25, -0.2) is 13.1 Å². The summed E-state index contributed by atoms with van der Waals surface area (Å²) in [6, 6.07) is -1.15. The topological polar surface area (TPSA) is 110 Å². The van der Waals surface area contributed by atoms with Crippen LogP contribution in [0, 0.1) is 0 Å². The number of carboxylic acid groups (broad SMARTS) is 1. The highest BCUT2D eigenvalue weighted by Gasteiger charge is 2.24. The molecule has 0 fully saturated rings. The van der Waals surface area contributed by atoms with Gasteiger partial charge < -0.3 is 9.84 Å². The van der Waals surface area contributed by atoms with Crippen LogP contribution in [0.15, 0.2) is 0 Å². The minimum absolute atomic E-state index is 0.181. The molecule has 0 saturated heterocycles. The molecule has 0 aromatic rings. The molecule has 0 aliphatic rings. The molecule has 0 rings (SSSR count). The fourth-order valence-corrected chi connectivity index (χ4v) is 2.57. The SMILES string of the molecule is CCCCC(NS(=O)(=O)CCC(=O)OCC)C(=O)O. The van der Waals surface area contributed by atoms with E-state index in [2.05, 4.69) is 9.46 Å². The second kappa shape index (κ2) is 8.87. The number of rotatable bonds is 10. The number of carbonyl (C=O) groups excluding carboxylic acids is 1. The summed E-state index contributed by atoms with van der Waals surface area (Å²) in [6.45, 7) is 3.69. The summed E-state index contributed by atoms with van der Waals surface area (Å²) in [6.07, 6.45) is 1.32. The Morgan fingerprint density at radius 1 is 1.32 bits per heavy atom. The Labute approximate surface area is 113 Å². The van der Waals surface area contributed by atoms with Crippen molar-refractivity contribution in [3.8, 4) is 0 Å². The van der Waals surface area contributed by atoms with Crippen LogP contribution in [-0.4, -0.2) is 43.9 Å². The number of esters is 1. The van der Waals surface area contributed by atoms with E-state index in [0.29, 0.717) is 6.42 Å². The highest BCUT2D eigenvalue weighted by molar-refractivity contribution is 7.89. The third-order valence-corrected chi connectivity index (χ3v) is 3.73. The molecule has 1 unspecified atom stereocenters. The summed E-state index contributed by atoms with van der Waals surface area (Å²) in [4.78, 5) is 22.0. The predicted molar refractivity (Wildman–Crippen MR) is 69.1 cm³/mol. The van der Waals surface area contributed by atoms with Gasteiger partial charge >= 0.3 is 11.9 Å². The molecule has 0 amide bonds. The highest BCUT2D eigenvalue weighted by Crippen LogP contribution is 2.04. The minimum atomic E-state index is -3.80. The van der Waals surface area contributed by atoms with Crippen LogP contribution < -0.4 is 4.72 Å². The maximum atomic E-state index is 11.6. The van der Waals surface area contributed by atoms with Gasteiger partial charge in [-0.3, -0.25) is 9.59 Å². The van der Waals surface area contributed by atoms with E-state index in [1.165, 1.54) is 0 Å². The van der Waals surface area contributed by atoms with Gasteiger partial charge in [0.1, 0.15) is 6.04 Å². The molecule has 0 aliphatic carbocycles. The van der Waals surface area contributed by atoms with Crippen LogP contribution >= 0.6 is 0 Å². The molecule has 0 radical (unpaired) electrons. The van der Waals surface area contributed by atoms with E-state index in [1.54, 1.807) is 6.92 Å². The van der Waals surface area contributed by atoms with Crippen molar-refractivity contribution in [3.05, 3.63) is 0 Å². The molecule has 0 saturated carbocycles. The van der Waals surface area contributed by atoms with Crippen molar-refractivity contribution in [2.45, 2.75) is 45.6 Å². The van der Waals surface area contributed by atoms with Crippen LogP contribution in [-0.2, 0) is 24.3 Å². The fraction of sp³-hybridized carbons (Fsp3) is 0.818. The number of carbonyl (C=O) groups is 2. The van der Waals surface area contributed by atoms with Crippen molar-refractivity contribution >= 4 is 22.0 Å². The Balaban J connectivity index is 4.38. The van der Waals surface area contributed by atoms with E-state index in [4.69, 9.17) is 5.11 Å². The van der Waals surface area contributed by atoms with Gasteiger partial charge in [0.15, 0.2) is 0 Å². The lowest BCUT2D eigenvalue weighted by atomic mass is 10.1. The quantitative estimate of drug-likeness (QED) is 0.568. The lowest BCUT2D eigenvalue weighted by Gasteiger charge is -2.14. The summed E-state index contributed by atoms with van der Waals surface area (Å²) in [5, 5.41) is 8.91. The largest absolute Gasteiger partial charge is 0.480 e. The lowest BCUT2D eigenvalue weighted by Crippen LogP contribution is -2.42. The number of ether oxygens (including phenoxy) is 1. The van der Waals surface area contributed by atoms with Crippen molar-refractivity contribution < 1.29 is 27.9 Å². The first kappa shape index (κ1) is 17.8. The monoisotopic (exact) mass is 295 g/mol. The van der Waals surface area contributed by atoms with Crippen LogP contribution in [0.3, 0.4) is 0 Å². The zero-order valence-corrected chi connectivity index (χ0v) is 12.0. The molecule has 19 heavy (non-hydrogen) atoms. The smallest absolute Gasteiger partial charge is 0.321 e. The molecule has 1 atom stereocenters. The Kier molecular flexibility index (Phi) is 8.33. The molecule has 112 valence electrons. The van der Waals surface area contributed by atoms with Crippen molar-refractivity contribution in [1.29, 1.82) is 0 Å². The molecule has 0 bridgehead atoms. The third-order valence-electron chi connectivity index (χ3n) is 2.35. The molecule has 8 heteroatoms. The minimum Gasteiger partial charge on any atom is -0.480 e. The maximum absolute atomic E-state index is 11.6. The Morgan fingerprint density at radius 3 is 2.42 bits per heavy atom. The molecule has 0 aromatic heterocycles. The molecule has 0 spiro atoms. The number of sulfonamides is 1. The number of hydrogen-bond acceptors (Lipinski definition) is 5. The second-order valence-corrected chi connectivity index (χ2v) is 5.90. The van der Waals surface area contributed by atoms with Gasteiger partial charge in [-0.15, -0.1) is 0 Å². The Bertz CT molecular complexity index is 392. The Morgan fingerprint density at radius 2 is 1.95 bits per heavy atom. The molecule has 7 nitrogen and oxygen atoms in total. The Hall–Kier alpha value is -1.15. The first-order valence-corrected chi connectivity index (χ1v) is 7.86. The van der Waals surface area contributed by atoms with Gasteiger partial charge in [0.2, 0.25) is 10.0 Å². The second-order valence-electron chi connectivity index (χ2n) is 4.02. The van der Waals surface area contributed by atoms with Gasteiger partial charge in [-0.1, -0.05) is 19.8 Å². The van der Waals surface area contributed by atoms with Crippen molar-refractivity contribution in [3.63, 3.8) is 0 Å². The highest BCUT2D eigenvalue weighted by atomic mass is 32.2. The first-order chi connectivity index (χ1) is 8.82. The number of hydrogen-bond donors (Lipinski definition) is 2. The van der Waals surface area contributed by atoms with E-state index < -0.39 is 33.8 Å². The molecular formula is C11H21NO6S. The summed E-state index contributed by atoms with van der Waals surface area (Å²) < 4.78 is 30.0. The van der Waals surface area contributed by atoms with Crippen LogP contribution in [0.1, 0.15) is 39.5 Å². The number of unbranched alkanes of at least 4 members (excludes halogenated alkanes) is 1. The van der Waals surface area contributed by atoms with Crippen molar-refractivity contribution in [1.82, 2.24) is 4.72 Å². The summed E-state index contributed by atoms with van der Waals surface area (Å²) in [5.41, 5.74) is 0. The summed E-state index contributed by atoms with van der Waals surface area (Å²) in [5.74, 6) is -2.30. The molecule has 0 heterocycles. The van der Waals surface area contributed by atoms with Gasteiger partial charge in [0.05, 0.1) is 18.8 Å². The predicted octanol–water partition coefficient (Wildman–Crippen LogP) is 0.502.